The molecule has 126 valence electrons. The fourth-order valence-corrected chi connectivity index (χ4v) is 2.33. The Morgan fingerprint density at radius 1 is 1.27 bits per heavy atom. The number of hydrogen-bond acceptors (Lipinski definition) is 3. The van der Waals surface area contributed by atoms with Crippen molar-refractivity contribution in [1.82, 2.24) is 5.32 Å². The zero-order valence-electron chi connectivity index (χ0n) is 13.8. The zero-order chi connectivity index (χ0) is 15.7. The van der Waals surface area contributed by atoms with E-state index in [9.17, 15) is 4.79 Å². The summed E-state index contributed by atoms with van der Waals surface area (Å²) in [4.78, 5) is 11.9. The molecule has 0 aliphatic carbocycles. The van der Waals surface area contributed by atoms with Crippen LogP contribution >= 0.6 is 12.4 Å². The lowest BCUT2D eigenvalue weighted by atomic mass is 10.0. The van der Waals surface area contributed by atoms with E-state index in [2.05, 4.69) is 19.2 Å². The third kappa shape index (κ3) is 8.25. The molecule has 1 rings (SSSR count). The minimum atomic E-state index is 0. The summed E-state index contributed by atoms with van der Waals surface area (Å²) >= 11 is 0. The molecule has 0 aromatic heterocycles. The Bertz CT molecular complexity index is 421. The average Bonchev–Trinajstić information content (AvgIpc) is 2.46. The van der Waals surface area contributed by atoms with E-state index >= 15 is 0 Å². The predicted molar refractivity (Wildman–Crippen MR) is 93.6 cm³/mol. The van der Waals surface area contributed by atoms with Crippen LogP contribution in [0.4, 0.5) is 0 Å². The van der Waals surface area contributed by atoms with Gasteiger partial charge in [-0.3, -0.25) is 4.79 Å². The molecule has 1 amide bonds. The van der Waals surface area contributed by atoms with E-state index in [4.69, 9.17) is 10.5 Å². The minimum Gasteiger partial charge on any atom is -0.497 e. The molecule has 0 saturated heterocycles. The van der Waals surface area contributed by atoms with Crippen molar-refractivity contribution < 1.29 is 9.53 Å². The number of nitrogens with two attached hydrogens (primary N) is 1. The number of amides is 1. The molecule has 0 radical (unpaired) electrons. The van der Waals surface area contributed by atoms with Crippen LogP contribution in [0, 0.1) is 5.92 Å². The van der Waals surface area contributed by atoms with Gasteiger partial charge in [-0.25, -0.2) is 0 Å². The van der Waals surface area contributed by atoms with Gasteiger partial charge in [0.25, 0.3) is 0 Å². The second-order valence-corrected chi connectivity index (χ2v) is 5.83. The zero-order valence-corrected chi connectivity index (χ0v) is 14.6. The van der Waals surface area contributed by atoms with Gasteiger partial charge in [-0.2, -0.15) is 0 Å². The van der Waals surface area contributed by atoms with E-state index < -0.39 is 0 Å². The Hall–Kier alpha value is -1.26. The summed E-state index contributed by atoms with van der Waals surface area (Å²) in [5, 5.41) is 3.02. The molecule has 1 aromatic carbocycles. The number of rotatable bonds is 9. The van der Waals surface area contributed by atoms with Crippen LogP contribution in [0.3, 0.4) is 0 Å². The van der Waals surface area contributed by atoms with Crippen LogP contribution in [0.25, 0.3) is 0 Å². The quantitative estimate of drug-likeness (QED) is 0.732. The number of hydrogen-bond donors (Lipinski definition) is 2. The van der Waals surface area contributed by atoms with Crippen molar-refractivity contribution in [2.75, 3.05) is 13.7 Å². The number of aryl methyl sites for hydroxylation is 1. The molecule has 0 saturated carbocycles. The third-order valence-electron chi connectivity index (χ3n) is 3.43. The summed E-state index contributed by atoms with van der Waals surface area (Å²) in [5.74, 6) is 1.49. The van der Waals surface area contributed by atoms with Crippen molar-refractivity contribution >= 4 is 18.3 Å². The first-order valence-corrected chi connectivity index (χ1v) is 7.67. The van der Waals surface area contributed by atoms with E-state index in [0.717, 1.165) is 25.0 Å². The molecule has 0 fully saturated rings. The van der Waals surface area contributed by atoms with E-state index in [1.54, 1.807) is 7.11 Å². The SMILES string of the molecule is COc1ccc(CCCC(=O)NC(CN)CC(C)C)cc1.Cl. The Labute approximate surface area is 140 Å². The predicted octanol–water partition coefficient (Wildman–Crippen LogP) is 2.93. The maximum Gasteiger partial charge on any atom is 0.220 e. The fourth-order valence-electron chi connectivity index (χ4n) is 2.33. The minimum absolute atomic E-state index is 0. The highest BCUT2D eigenvalue weighted by atomic mass is 35.5. The van der Waals surface area contributed by atoms with Crippen molar-refractivity contribution in [2.24, 2.45) is 11.7 Å². The second kappa shape index (κ2) is 11.3. The van der Waals surface area contributed by atoms with Crippen LogP contribution in [-0.2, 0) is 11.2 Å². The molecule has 0 spiro atoms. The van der Waals surface area contributed by atoms with Gasteiger partial charge in [-0.15, -0.1) is 12.4 Å². The standard InChI is InChI=1S/C17H28N2O2.ClH/c1-13(2)11-15(12-18)19-17(20)6-4-5-14-7-9-16(21-3)10-8-14;/h7-10,13,15H,4-6,11-12,18H2,1-3H3,(H,19,20);1H. The van der Waals surface area contributed by atoms with Crippen molar-refractivity contribution in [3.05, 3.63) is 29.8 Å². The fraction of sp³-hybridized carbons (Fsp3) is 0.588. The summed E-state index contributed by atoms with van der Waals surface area (Å²) in [5.41, 5.74) is 6.91. The number of ether oxygens (including phenoxy) is 1. The Balaban J connectivity index is 0.00000441. The van der Waals surface area contributed by atoms with Gasteiger partial charge in [0.2, 0.25) is 5.91 Å². The molecule has 1 aromatic rings. The summed E-state index contributed by atoms with van der Waals surface area (Å²) < 4.78 is 5.12. The number of nitrogens with one attached hydrogen (secondary N) is 1. The molecule has 5 heteroatoms. The molecule has 3 N–H and O–H groups in total. The summed E-state index contributed by atoms with van der Waals surface area (Å²) in [6.07, 6.45) is 3.22. The van der Waals surface area contributed by atoms with Crippen molar-refractivity contribution in [1.29, 1.82) is 0 Å². The first-order valence-electron chi connectivity index (χ1n) is 7.67. The van der Waals surface area contributed by atoms with Crippen molar-refractivity contribution in [2.45, 2.75) is 45.6 Å². The Morgan fingerprint density at radius 2 is 1.91 bits per heavy atom. The summed E-state index contributed by atoms with van der Waals surface area (Å²) in [6.45, 7) is 4.78. The highest BCUT2D eigenvalue weighted by molar-refractivity contribution is 5.85. The maximum absolute atomic E-state index is 11.9. The monoisotopic (exact) mass is 328 g/mol. The average molecular weight is 329 g/mol. The molecule has 1 unspecified atom stereocenters. The smallest absolute Gasteiger partial charge is 0.220 e. The second-order valence-electron chi connectivity index (χ2n) is 5.83. The van der Waals surface area contributed by atoms with E-state index in [-0.39, 0.29) is 24.4 Å². The lowest BCUT2D eigenvalue weighted by molar-refractivity contribution is -0.121. The molecule has 4 nitrogen and oxygen atoms in total. The summed E-state index contributed by atoms with van der Waals surface area (Å²) in [7, 11) is 1.66. The van der Waals surface area contributed by atoms with E-state index in [0.29, 0.717) is 18.9 Å². The molecule has 0 aliphatic heterocycles. The van der Waals surface area contributed by atoms with Gasteiger partial charge in [-0.05, 0) is 42.9 Å². The van der Waals surface area contributed by atoms with Gasteiger partial charge in [0.15, 0.2) is 0 Å². The van der Waals surface area contributed by atoms with Gasteiger partial charge >= 0.3 is 0 Å². The van der Waals surface area contributed by atoms with E-state index in [1.807, 2.05) is 24.3 Å². The molecule has 0 aliphatic rings. The number of benzene rings is 1. The van der Waals surface area contributed by atoms with Crippen LogP contribution in [0.2, 0.25) is 0 Å². The lowest BCUT2D eigenvalue weighted by Crippen LogP contribution is -2.40. The van der Waals surface area contributed by atoms with Gasteiger partial charge in [0.05, 0.1) is 7.11 Å². The van der Waals surface area contributed by atoms with Crippen LogP contribution in [0.5, 0.6) is 5.75 Å². The Kier molecular flexibility index (Phi) is 10.7. The summed E-state index contributed by atoms with van der Waals surface area (Å²) in [6, 6.07) is 8.07. The lowest BCUT2D eigenvalue weighted by Gasteiger charge is -2.18. The number of methoxy groups -OCH3 is 1. The highest BCUT2D eigenvalue weighted by Gasteiger charge is 2.12. The molecule has 0 heterocycles. The maximum atomic E-state index is 11.9. The third-order valence-corrected chi connectivity index (χ3v) is 3.43. The largest absolute Gasteiger partial charge is 0.497 e. The van der Waals surface area contributed by atoms with Crippen LogP contribution in [0.15, 0.2) is 24.3 Å². The molecule has 1 atom stereocenters. The first kappa shape index (κ1) is 20.7. The topological polar surface area (TPSA) is 64.3 Å². The molecule has 0 bridgehead atoms. The van der Waals surface area contributed by atoms with Crippen molar-refractivity contribution in [3.63, 3.8) is 0 Å². The van der Waals surface area contributed by atoms with E-state index in [1.165, 1.54) is 5.56 Å². The van der Waals surface area contributed by atoms with Gasteiger partial charge < -0.3 is 15.8 Å². The highest BCUT2D eigenvalue weighted by Crippen LogP contribution is 2.13. The van der Waals surface area contributed by atoms with Gasteiger partial charge in [0, 0.05) is 19.0 Å². The van der Waals surface area contributed by atoms with Crippen LogP contribution < -0.4 is 15.8 Å². The molecular weight excluding hydrogens is 300 g/mol. The Morgan fingerprint density at radius 3 is 2.41 bits per heavy atom. The van der Waals surface area contributed by atoms with Gasteiger partial charge in [0.1, 0.15) is 5.75 Å². The molecular formula is C17H29ClN2O2. The molecule has 22 heavy (non-hydrogen) atoms. The number of carbonyl (C=O) groups excluding carboxylic acids is 1. The first-order chi connectivity index (χ1) is 10.0. The van der Waals surface area contributed by atoms with Crippen LogP contribution in [-0.4, -0.2) is 25.6 Å². The normalized spacial score (nSPS) is 11.7. The van der Waals surface area contributed by atoms with Crippen LogP contribution in [0.1, 0.15) is 38.7 Å². The number of carbonyl (C=O) groups is 1. The van der Waals surface area contributed by atoms with Gasteiger partial charge in [-0.1, -0.05) is 26.0 Å². The van der Waals surface area contributed by atoms with Crippen molar-refractivity contribution in [3.8, 4) is 5.75 Å². The number of halogens is 1.